The summed E-state index contributed by atoms with van der Waals surface area (Å²) in [7, 11) is 0. The number of rotatable bonds is 5. The van der Waals surface area contributed by atoms with Crippen molar-refractivity contribution >= 4 is 49.2 Å². The third kappa shape index (κ3) is 7.42. The molecule has 0 fully saturated rings. The summed E-state index contributed by atoms with van der Waals surface area (Å²) in [6.07, 6.45) is 3.99. The van der Waals surface area contributed by atoms with Gasteiger partial charge in [-0.2, -0.15) is 11.3 Å². The first-order chi connectivity index (χ1) is 21.7. The van der Waals surface area contributed by atoms with Gasteiger partial charge in [0.2, 0.25) is 0 Å². The first-order valence-corrected chi connectivity index (χ1v) is 23.7. The van der Waals surface area contributed by atoms with Gasteiger partial charge in [-0.15, -0.1) is 23.8 Å². The molecular weight excluding hydrogens is 817 g/mol. The van der Waals surface area contributed by atoms with Crippen LogP contribution >= 0.6 is 11.3 Å². The second-order valence-electron chi connectivity index (χ2n) is 12.8. The van der Waals surface area contributed by atoms with E-state index in [1.54, 1.807) is 0 Å². The van der Waals surface area contributed by atoms with E-state index < -0.39 is 13.3 Å². The number of fused-ring (bicyclic) bond motifs is 3. The molecule has 4 aromatic carbocycles. The predicted octanol–water partition coefficient (Wildman–Crippen LogP) is 11.1. The molecule has 0 aliphatic carbocycles. The molecule has 0 aliphatic heterocycles. The van der Waals surface area contributed by atoms with Crippen molar-refractivity contribution in [3.63, 3.8) is 0 Å². The molecule has 0 atom stereocenters. The predicted molar refractivity (Wildman–Crippen MR) is 197 cm³/mol. The van der Waals surface area contributed by atoms with Gasteiger partial charge in [0.15, 0.2) is 0 Å². The summed E-state index contributed by atoms with van der Waals surface area (Å²) in [5.74, 6) is 7.69. The fourth-order valence-electron chi connectivity index (χ4n) is 5.73. The van der Waals surface area contributed by atoms with Gasteiger partial charge in [0.05, 0.1) is 0 Å². The van der Waals surface area contributed by atoms with Crippen molar-refractivity contribution in [1.29, 1.82) is 0 Å². The Labute approximate surface area is 293 Å². The average Bonchev–Trinajstić information content (AvgIpc) is 3.43. The van der Waals surface area contributed by atoms with Crippen LogP contribution in [0, 0.1) is 19.1 Å². The van der Waals surface area contributed by atoms with E-state index in [1.165, 1.54) is 46.8 Å². The summed E-state index contributed by atoms with van der Waals surface area (Å²) in [4.78, 5) is 9.24. The number of pyridine rings is 2. The first-order valence-electron chi connectivity index (χ1n) is 15.5. The summed E-state index contributed by atoms with van der Waals surface area (Å²) >= 11 is 0.0574. The summed E-state index contributed by atoms with van der Waals surface area (Å²) < 4.78 is 4.05. The van der Waals surface area contributed by atoms with Gasteiger partial charge in [-0.25, -0.2) is 0 Å². The Morgan fingerprint density at radius 2 is 1.50 bits per heavy atom. The first kappa shape index (κ1) is 33.9. The Morgan fingerprint density at radius 3 is 2.20 bits per heavy atom. The number of benzene rings is 4. The van der Waals surface area contributed by atoms with Crippen molar-refractivity contribution < 1.29 is 20.1 Å². The molecule has 3 aromatic heterocycles. The minimum Gasteiger partial charge on any atom is 0 e. The van der Waals surface area contributed by atoms with Gasteiger partial charge >= 0.3 is 106 Å². The molecule has 0 N–H and O–H groups in total. The van der Waals surface area contributed by atoms with Crippen LogP contribution in [0.1, 0.15) is 30.9 Å². The number of hydrogen-bond donors (Lipinski definition) is 0. The maximum atomic E-state index is 4.65. The zero-order chi connectivity index (χ0) is 31.6. The van der Waals surface area contributed by atoms with Crippen LogP contribution in [0.4, 0.5) is 0 Å². The van der Waals surface area contributed by atoms with E-state index in [0.29, 0.717) is 5.92 Å². The smallest absolute Gasteiger partial charge is 0 e. The van der Waals surface area contributed by atoms with E-state index in [4.69, 9.17) is 0 Å². The zero-order valence-electron chi connectivity index (χ0n) is 27.2. The Balaban J connectivity index is 0.000000200. The molecule has 7 aromatic rings. The standard InChI is InChI=1S/C26H20NS.C15H18GeN.Ir/c1-17(2)19-13-14-27-24(16-19)22-10-6-9-21-23-15-20(18-7-4-3-5-8-18)11-12-25(23)28-26(21)22;1-12-10-15(13-8-6-5-7-9-13)17-11-14(12)16(2,3)4;/h3-9,11-17H,1-2H3;5-8,10-11H,1-4H3;/q2*-1;. The molecule has 0 spiro atoms. The number of aryl methyl sites for hydroxylation is 1. The summed E-state index contributed by atoms with van der Waals surface area (Å²) in [5.41, 5.74) is 9.39. The van der Waals surface area contributed by atoms with Gasteiger partial charge in [-0.05, 0) is 51.0 Å². The Kier molecular flexibility index (Phi) is 10.7. The normalized spacial score (nSPS) is 11.3. The van der Waals surface area contributed by atoms with Crippen LogP contribution < -0.4 is 4.40 Å². The van der Waals surface area contributed by atoms with Crippen molar-refractivity contribution in [3.8, 4) is 33.6 Å². The monoisotopic (exact) mass is 857 g/mol. The third-order valence-electron chi connectivity index (χ3n) is 8.15. The molecule has 5 heteroatoms. The van der Waals surface area contributed by atoms with Crippen molar-refractivity contribution in [3.05, 3.63) is 139 Å². The molecule has 0 amide bonds. The minimum atomic E-state index is -1.77. The molecule has 0 saturated heterocycles. The van der Waals surface area contributed by atoms with Crippen molar-refractivity contribution in [2.24, 2.45) is 0 Å². The van der Waals surface area contributed by atoms with Crippen LogP contribution in [-0.4, -0.2) is 23.2 Å². The minimum absolute atomic E-state index is 0. The van der Waals surface area contributed by atoms with Crippen LogP contribution in [-0.2, 0) is 20.1 Å². The summed E-state index contributed by atoms with van der Waals surface area (Å²) in [6, 6.07) is 42.7. The van der Waals surface area contributed by atoms with Gasteiger partial charge < -0.3 is 4.98 Å². The van der Waals surface area contributed by atoms with Crippen molar-refractivity contribution in [2.75, 3.05) is 0 Å². The van der Waals surface area contributed by atoms with E-state index in [1.807, 2.05) is 41.8 Å². The second-order valence-corrected chi connectivity index (χ2v) is 24.4. The molecule has 0 unspecified atom stereocenters. The molecule has 1 radical (unpaired) electrons. The van der Waals surface area contributed by atoms with Gasteiger partial charge in [0, 0.05) is 31.0 Å². The molecule has 0 aliphatic rings. The molecule has 46 heavy (non-hydrogen) atoms. The van der Waals surface area contributed by atoms with E-state index in [0.717, 1.165) is 22.5 Å². The fourth-order valence-corrected chi connectivity index (χ4v) is 10.5. The molecular formula is C41H38GeIrN2S-2. The number of aromatic nitrogens is 2. The fraction of sp³-hybridized carbons (Fsp3) is 0.171. The Bertz CT molecular complexity index is 2080. The topological polar surface area (TPSA) is 25.8 Å². The average molecular weight is 856 g/mol. The van der Waals surface area contributed by atoms with Crippen LogP contribution in [0.2, 0.25) is 17.3 Å². The Hall–Kier alpha value is -3.41. The number of hydrogen-bond acceptors (Lipinski definition) is 3. The Morgan fingerprint density at radius 1 is 0.717 bits per heavy atom. The van der Waals surface area contributed by atoms with Gasteiger partial charge in [-0.1, -0.05) is 67.3 Å². The number of thiophene rings is 1. The largest absolute Gasteiger partial charge is 0 e. The van der Waals surface area contributed by atoms with E-state index >= 15 is 0 Å². The zero-order valence-corrected chi connectivity index (χ0v) is 32.5. The van der Waals surface area contributed by atoms with E-state index in [-0.39, 0.29) is 20.1 Å². The molecule has 233 valence electrons. The van der Waals surface area contributed by atoms with E-state index in [2.05, 4.69) is 145 Å². The van der Waals surface area contributed by atoms with Crippen LogP contribution in [0.25, 0.3) is 53.8 Å². The molecule has 7 rings (SSSR count). The maximum Gasteiger partial charge on any atom is 0 e. The third-order valence-corrected chi connectivity index (χ3v) is 13.8. The van der Waals surface area contributed by atoms with E-state index in [9.17, 15) is 0 Å². The summed E-state index contributed by atoms with van der Waals surface area (Å²) in [5, 5.41) is 2.58. The van der Waals surface area contributed by atoms with Crippen molar-refractivity contribution in [2.45, 2.75) is 44.0 Å². The maximum absolute atomic E-state index is 4.65. The summed E-state index contributed by atoms with van der Waals surface area (Å²) in [6.45, 7) is 6.63. The SMILES string of the molecule is CC(C)c1ccnc(-c2[c-]ccc3c2sc2ccc(-c4ccccc4)cc23)c1.Cc1cc(-c2[c-]cccc2)nc[c]1[Ge]([CH3])([CH3])[CH3].[Ir]. The molecule has 2 nitrogen and oxygen atoms in total. The molecule has 3 heterocycles. The quantitative estimate of drug-likeness (QED) is 0.127. The van der Waals surface area contributed by atoms with Gasteiger partial charge in [0.1, 0.15) is 0 Å². The van der Waals surface area contributed by atoms with Crippen molar-refractivity contribution in [1.82, 2.24) is 9.97 Å². The second kappa shape index (κ2) is 14.6. The molecule has 0 bridgehead atoms. The van der Waals surface area contributed by atoms with Crippen LogP contribution in [0.5, 0.6) is 0 Å². The number of nitrogens with zero attached hydrogens (tertiary/aromatic N) is 2. The van der Waals surface area contributed by atoms with Gasteiger partial charge in [-0.3, -0.25) is 0 Å². The van der Waals surface area contributed by atoms with Crippen LogP contribution in [0.15, 0.2) is 116 Å². The van der Waals surface area contributed by atoms with Crippen LogP contribution in [0.3, 0.4) is 0 Å². The molecule has 0 saturated carbocycles. The van der Waals surface area contributed by atoms with Gasteiger partial charge in [0.25, 0.3) is 0 Å².